The summed E-state index contributed by atoms with van der Waals surface area (Å²) in [5.41, 5.74) is 6.33. The maximum Gasteiger partial charge on any atom is 0.250 e. The van der Waals surface area contributed by atoms with Crippen molar-refractivity contribution in [1.29, 1.82) is 0 Å². The number of benzene rings is 2. The summed E-state index contributed by atoms with van der Waals surface area (Å²) >= 11 is 0. The smallest absolute Gasteiger partial charge is 0.250 e. The van der Waals surface area contributed by atoms with Gasteiger partial charge in [-0.25, -0.2) is 4.98 Å². The molecule has 0 fully saturated rings. The van der Waals surface area contributed by atoms with Crippen LogP contribution in [0.2, 0.25) is 0 Å². The van der Waals surface area contributed by atoms with Crippen molar-refractivity contribution in [3.63, 3.8) is 0 Å². The monoisotopic (exact) mass is 494 g/mol. The number of hydrogen-bond acceptors (Lipinski definition) is 4. The fourth-order valence-electron chi connectivity index (χ4n) is 5.54. The largest absolute Gasteiger partial charge is 0.361 e. The molecule has 2 aromatic carbocycles. The maximum atomic E-state index is 13.7. The second kappa shape index (κ2) is 10.2. The van der Waals surface area contributed by atoms with Crippen LogP contribution in [-0.2, 0) is 16.1 Å². The first-order valence-corrected chi connectivity index (χ1v) is 13.0. The highest BCUT2D eigenvalue weighted by Gasteiger charge is 2.43. The van der Waals surface area contributed by atoms with Gasteiger partial charge in [0, 0.05) is 60.4 Å². The lowest BCUT2D eigenvalue weighted by atomic mass is 9.68. The van der Waals surface area contributed by atoms with Crippen LogP contribution in [0.15, 0.2) is 95.9 Å². The molecule has 2 N–H and O–H groups in total. The molecule has 1 aromatic heterocycles. The Morgan fingerprint density at radius 2 is 1.81 bits per heavy atom. The standard InChI is InChI=1S/C31H34N4O2/c1-4-24-29(30(37)33-15-17-35-16-14-32-20-35)27(28-25(34-24)18-31(2,3)19-26(28)36)23-12-10-22(11-13-23)21-8-6-5-7-9-21/h5-14,16,20,27,34H,4,15,17-19H2,1-3H3,(H,33,37). The SMILES string of the molecule is CCC1=C(C(=O)NCCn2ccnc2)C(c2ccc(-c3ccccc3)cc2)C2=C(CC(C)(C)CC2=O)N1. The lowest BCUT2D eigenvalue weighted by molar-refractivity contribution is -0.118. The highest BCUT2D eigenvalue weighted by Crippen LogP contribution is 2.47. The third-order valence-corrected chi connectivity index (χ3v) is 7.29. The van der Waals surface area contributed by atoms with Crippen molar-refractivity contribution in [2.75, 3.05) is 6.54 Å². The molecule has 2 heterocycles. The van der Waals surface area contributed by atoms with Gasteiger partial charge in [-0.2, -0.15) is 0 Å². The molecule has 0 radical (unpaired) electrons. The third-order valence-electron chi connectivity index (χ3n) is 7.29. The zero-order valence-corrected chi connectivity index (χ0v) is 21.8. The van der Waals surface area contributed by atoms with E-state index < -0.39 is 5.92 Å². The molecule has 0 saturated carbocycles. The number of nitrogens with one attached hydrogen (secondary N) is 2. The lowest BCUT2D eigenvalue weighted by Crippen LogP contribution is -2.41. The van der Waals surface area contributed by atoms with Crippen LogP contribution in [0.4, 0.5) is 0 Å². The fourth-order valence-corrected chi connectivity index (χ4v) is 5.54. The first-order valence-electron chi connectivity index (χ1n) is 13.0. The van der Waals surface area contributed by atoms with Crippen LogP contribution >= 0.6 is 0 Å². The number of carbonyl (C=O) groups is 2. The summed E-state index contributed by atoms with van der Waals surface area (Å²) in [6.45, 7) is 7.42. The number of Topliss-reactive ketones (excluding diaryl/α,β-unsaturated/α-hetero) is 1. The predicted octanol–water partition coefficient (Wildman–Crippen LogP) is 5.36. The van der Waals surface area contributed by atoms with E-state index >= 15 is 0 Å². The van der Waals surface area contributed by atoms with Gasteiger partial charge < -0.3 is 15.2 Å². The van der Waals surface area contributed by atoms with E-state index in [4.69, 9.17) is 0 Å². The lowest BCUT2D eigenvalue weighted by Gasteiger charge is -2.40. The van der Waals surface area contributed by atoms with Crippen molar-refractivity contribution in [2.24, 2.45) is 5.41 Å². The minimum atomic E-state index is -0.395. The summed E-state index contributed by atoms with van der Waals surface area (Å²) in [4.78, 5) is 31.4. The third kappa shape index (κ3) is 5.15. The molecule has 6 nitrogen and oxygen atoms in total. The summed E-state index contributed by atoms with van der Waals surface area (Å²) in [7, 11) is 0. The fraction of sp³-hybridized carbons (Fsp3) is 0.323. The average Bonchev–Trinajstić information content (AvgIpc) is 3.41. The normalized spacial score (nSPS) is 18.9. The number of allylic oxidation sites excluding steroid dienone is 3. The number of ketones is 1. The Hall–Kier alpha value is -3.93. The van der Waals surface area contributed by atoms with Crippen molar-refractivity contribution in [3.8, 4) is 11.1 Å². The van der Waals surface area contributed by atoms with Gasteiger partial charge >= 0.3 is 0 Å². The molecule has 0 saturated heterocycles. The van der Waals surface area contributed by atoms with E-state index in [0.29, 0.717) is 31.5 Å². The van der Waals surface area contributed by atoms with E-state index in [0.717, 1.165) is 40.1 Å². The van der Waals surface area contributed by atoms with Crippen molar-refractivity contribution in [2.45, 2.75) is 52.5 Å². The molecular weight excluding hydrogens is 460 g/mol. The van der Waals surface area contributed by atoms with Crippen LogP contribution in [0.1, 0.15) is 51.5 Å². The van der Waals surface area contributed by atoms with E-state index in [9.17, 15) is 9.59 Å². The highest BCUT2D eigenvalue weighted by atomic mass is 16.2. The summed E-state index contributed by atoms with van der Waals surface area (Å²) in [6.07, 6.45) is 7.27. The van der Waals surface area contributed by atoms with Gasteiger partial charge in [-0.05, 0) is 34.9 Å². The topological polar surface area (TPSA) is 76.0 Å². The van der Waals surface area contributed by atoms with Crippen molar-refractivity contribution in [3.05, 3.63) is 101 Å². The maximum absolute atomic E-state index is 13.7. The Balaban J connectivity index is 1.52. The van der Waals surface area contributed by atoms with Gasteiger partial charge in [-0.3, -0.25) is 9.59 Å². The van der Waals surface area contributed by atoms with Crippen LogP contribution in [0, 0.1) is 5.41 Å². The summed E-state index contributed by atoms with van der Waals surface area (Å²) in [6, 6.07) is 18.5. The molecule has 1 atom stereocenters. The zero-order valence-electron chi connectivity index (χ0n) is 21.8. The second-order valence-electron chi connectivity index (χ2n) is 10.7. The minimum absolute atomic E-state index is 0.117. The van der Waals surface area contributed by atoms with Crippen LogP contribution in [0.25, 0.3) is 11.1 Å². The van der Waals surface area contributed by atoms with Gasteiger partial charge in [0.1, 0.15) is 0 Å². The van der Waals surface area contributed by atoms with Crippen molar-refractivity contribution < 1.29 is 9.59 Å². The van der Waals surface area contributed by atoms with E-state index in [2.05, 4.69) is 72.8 Å². The molecule has 6 heteroatoms. The molecule has 5 rings (SSSR count). The predicted molar refractivity (Wildman–Crippen MR) is 145 cm³/mol. The quantitative estimate of drug-likeness (QED) is 0.464. The Morgan fingerprint density at radius 1 is 1.08 bits per heavy atom. The van der Waals surface area contributed by atoms with E-state index in [1.807, 2.05) is 29.0 Å². The molecule has 0 spiro atoms. The second-order valence-corrected chi connectivity index (χ2v) is 10.7. The van der Waals surface area contributed by atoms with E-state index in [-0.39, 0.29) is 17.1 Å². The Labute approximate surface area is 218 Å². The Morgan fingerprint density at radius 3 is 2.49 bits per heavy atom. The number of hydrogen-bond donors (Lipinski definition) is 2. The van der Waals surface area contributed by atoms with Gasteiger partial charge in [-0.15, -0.1) is 0 Å². The molecule has 37 heavy (non-hydrogen) atoms. The number of amides is 1. The van der Waals surface area contributed by atoms with Crippen molar-refractivity contribution >= 4 is 11.7 Å². The summed E-state index contributed by atoms with van der Waals surface area (Å²) in [5.74, 6) is -0.409. The molecule has 1 aliphatic heterocycles. The minimum Gasteiger partial charge on any atom is -0.361 e. The van der Waals surface area contributed by atoms with Crippen LogP contribution in [-0.4, -0.2) is 27.8 Å². The zero-order chi connectivity index (χ0) is 26.0. The Bertz CT molecular complexity index is 1350. The molecule has 1 unspecified atom stereocenters. The summed E-state index contributed by atoms with van der Waals surface area (Å²) in [5, 5.41) is 6.62. The number of dihydropyridines is 1. The number of imidazole rings is 1. The first-order chi connectivity index (χ1) is 17.9. The van der Waals surface area contributed by atoms with Crippen LogP contribution in [0.5, 0.6) is 0 Å². The van der Waals surface area contributed by atoms with Gasteiger partial charge in [0.2, 0.25) is 5.91 Å². The summed E-state index contributed by atoms with van der Waals surface area (Å²) < 4.78 is 1.93. The van der Waals surface area contributed by atoms with E-state index in [1.54, 1.807) is 12.5 Å². The number of carbonyl (C=O) groups excluding carboxylic acids is 2. The molecule has 190 valence electrons. The van der Waals surface area contributed by atoms with Gasteiger partial charge in [0.15, 0.2) is 5.78 Å². The molecule has 3 aromatic rings. The molecule has 1 amide bonds. The molecular formula is C31H34N4O2. The number of rotatable bonds is 7. The van der Waals surface area contributed by atoms with Crippen molar-refractivity contribution in [1.82, 2.24) is 20.2 Å². The van der Waals surface area contributed by atoms with Gasteiger partial charge in [-0.1, -0.05) is 75.4 Å². The molecule has 2 aliphatic rings. The number of aromatic nitrogens is 2. The highest BCUT2D eigenvalue weighted by molar-refractivity contribution is 6.05. The Kier molecular flexibility index (Phi) is 6.83. The number of nitrogens with zero attached hydrogens (tertiary/aromatic N) is 2. The average molecular weight is 495 g/mol. The molecule has 0 bridgehead atoms. The molecule has 1 aliphatic carbocycles. The van der Waals surface area contributed by atoms with Gasteiger partial charge in [0.05, 0.1) is 6.33 Å². The van der Waals surface area contributed by atoms with Crippen LogP contribution < -0.4 is 10.6 Å². The van der Waals surface area contributed by atoms with E-state index in [1.165, 1.54) is 0 Å². The van der Waals surface area contributed by atoms with Gasteiger partial charge in [0.25, 0.3) is 0 Å². The first kappa shape index (κ1) is 24.8. The van der Waals surface area contributed by atoms with Crippen LogP contribution in [0.3, 0.4) is 0 Å².